The third-order valence-corrected chi connectivity index (χ3v) is 1.75. The maximum atomic E-state index is 12.1. The minimum absolute atomic E-state index is 0.0339. The van der Waals surface area contributed by atoms with Crippen LogP contribution in [-0.4, -0.2) is 25.3 Å². The molecule has 0 saturated carbocycles. The van der Waals surface area contributed by atoms with E-state index in [0.717, 1.165) is 0 Å². The fourth-order valence-corrected chi connectivity index (χ4v) is 1.08. The number of rotatable bonds is 2. The zero-order valence-electron chi connectivity index (χ0n) is 7.38. The van der Waals surface area contributed by atoms with E-state index in [4.69, 9.17) is 0 Å². The highest BCUT2D eigenvalue weighted by Crippen LogP contribution is 2.25. The number of phenols is 1. The number of halogens is 2. The van der Waals surface area contributed by atoms with Crippen molar-refractivity contribution in [2.45, 2.75) is 6.55 Å². The van der Waals surface area contributed by atoms with E-state index in [1.165, 1.54) is 12.1 Å². The smallest absolute Gasteiger partial charge is 0.350 e. The van der Waals surface area contributed by atoms with Crippen LogP contribution >= 0.6 is 0 Å². The number of nitrogens with zero attached hydrogens (tertiary/aromatic N) is 4. The first kappa shape index (κ1) is 9.50. The van der Waals surface area contributed by atoms with Crippen molar-refractivity contribution in [1.82, 2.24) is 20.2 Å². The molecule has 15 heavy (non-hydrogen) atoms. The van der Waals surface area contributed by atoms with Gasteiger partial charge in [0.2, 0.25) is 5.82 Å². The van der Waals surface area contributed by atoms with Crippen LogP contribution in [0.15, 0.2) is 24.3 Å². The molecule has 5 nitrogen and oxygen atoms in total. The Morgan fingerprint density at radius 3 is 2.60 bits per heavy atom. The van der Waals surface area contributed by atoms with Crippen LogP contribution in [0.25, 0.3) is 11.4 Å². The van der Waals surface area contributed by atoms with Gasteiger partial charge in [-0.25, -0.2) is 0 Å². The molecule has 0 bridgehead atoms. The van der Waals surface area contributed by atoms with Crippen molar-refractivity contribution in [3.8, 4) is 17.1 Å². The summed E-state index contributed by atoms with van der Waals surface area (Å²) in [5.41, 5.74) is 0.268. The Labute approximate surface area is 83.0 Å². The molecule has 1 heterocycles. The van der Waals surface area contributed by atoms with Crippen molar-refractivity contribution >= 4 is 0 Å². The topological polar surface area (TPSA) is 63.8 Å². The van der Waals surface area contributed by atoms with Gasteiger partial charge in [0.1, 0.15) is 5.75 Å². The standard InChI is InChI=1S/C8H6F2N4O/c9-8(10)14-12-7(11-13-14)5-3-1-2-4-6(5)15/h1-4,8,15H. The molecule has 0 aliphatic rings. The van der Waals surface area contributed by atoms with Gasteiger partial charge in [-0.3, -0.25) is 0 Å². The van der Waals surface area contributed by atoms with E-state index in [1.54, 1.807) is 12.1 Å². The van der Waals surface area contributed by atoms with E-state index >= 15 is 0 Å². The van der Waals surface area contributed by atoms with Gasteiger partial charge in [-0.2, -0.15) is 8.78 Å². The minimum Gasteiger partial charge on any atom is -0.507 e. The van der Waals surface area contributed by atoms with Crippen LogP contribution in [0.5, 0.6) is 5.75 Å². The van der Waals surface area contributed by atoms with E-state index in [1.807, 2.05) is 0 Å². The van der Waals surface area contributed by atoms with E-state index < -0.39 is 6.55 Å². The highest BCUT2D eigenvalue weighted by Gasteiger charge is 2.14. The molecule has 0 fully saturated rings. The monoisotopic (exact) mass is 212 g/mol. The summed E-state index contributed by atoms with van der Waals surface area (Å²) in [4.78, 5) is 0.182. The Morgan fingerprint density at radius 1 is 1.27 bits per heavy atom. The molecule has 0 atom stereocenters. The van der Waals surface area contributed by atoms with E-state index in [9.17, 15) is 13.9 Å². The summed E-state index contributed by atoms with van der Waals surface area (Å²) < 4.78 is 24.3. The lowest BCUT2D eigenvalue weighted by Crippen LogP contribution is -2.02. The molecule has 0 radical (unpaired) electrons. The third kappa shape index (κ3) is 1.76. The number of alkyl halides is 2. The van der Waals surface area contributed by atoms with E-state index in [-0.39, 0.29) is 21.9 Å². The summed E-state index contributed by atoms with van der Waals surface area (Å²) in [6.45, 7) is -2.84. The molecule has 0 saturated heterocycles. The molecule has 78 valence electrons. The molecule has 2 rings (SSSR count). The number of benzene rings is 1. The van der Waals surface area contributed by atoms with Gasteiger partial charge in [0.05, 0.1) is 5.56 Å². The lowest BCUT2D eigenvalue weighted by molar-refractivity contribution is 0.0397. The minimum atomic E-state index is -2.84. The van der Waals surface area contributed by atoms with E-state index in [0.29, 0.717) is 0 Å². The molecule has 0 aliphatic carbocycles. The quantitative estimate of drug-likeness (QED) is 0.818. The first-order chi connectivity index (χ1) is 7.18. The predicted molar refractivity (Wildman–Crippen MR) is 46.2 cm³/mol. The van der Waals surface area contributed by atoms with Crippen LogP contribution in [0.3, 0.4) is 0 Å². The van der Waals surface area contributed by atoms with Crippen LogP contribution in [-0.2, 0) is 0 Å². The van der Waals surface area contributed by atoms with Crippen LogP contribution < -0.4 is 0 Å². The number of aromatic nitrogens is 4. The average molecular weight is 212 g/mol. The summed E-state index contributed by atoms with van der Waals surface area (Å²) in [5, 5.41) is 19.4. The molecule has 0 aliphatic heterocycles. The molecule has 1 aromatic heterocycles. The van der Waals surface area contributed by atoms with Gasteiger partial charge < -0.3 is 5.11 Å². The fraction of sp³-hybridized carbons (Fsp3) is 0.125. The van der Waals surface area contributed by atoms with Crippen LogP contribution in [0.1, 0.15) is 6.55 Å². The summed E-state index contributed by atoms with van der Waals surface area (Å²) in [6.07, 6.45) is 0. The molecule has 0 spiro atoms. The number of aromatic hydroxyl groups is 1. The lowest BCUT2D eigenvalue weighted by Gasteiger charge is -1.97. The Hall–Kier alpha value is -2.05. The summed E-state index contributed by atoms with van der Waals surface area (Å²) in [7, 11) is 0. The van der Waals surface area contributed by atoms with Gasteiger partial charge in [-0.15, -0.1) is 10.2 Å². The number of tetrazole rings is 1. The zero-order valence-corrected chi connectivity index (χ0v) is 7.38. The maximum absolute atomic E-state index is 12.1. The van der Waals surface area contributed by atoms with Crippen molar-refractivity contribution in [3.05, 3.63) is 24.3 Å². The van der Waals surface area contributed by atoms with Gasteiger partial charge in [0, 0.05) is 0 Å². The first-order valence-corrected chi connectivity index (χ1v) is 4.04. The summed E-state index contributed by atoms with van der Waals surface area (Å²) >= 11 is 0. The normalized spacial score (nSPS) is 10.9. The zero-order chi connectivity index (χ0) is 10.8. The summed E-state index contributed by atoms with van der Waals surface area (Å²) in [5.74, 6) is -0.111. The first-order valence-electron chi connectivity index (χ1n) is 4.04. The second kappa shape index (κ2) is 3.60. The maximum Gasteiger partial charge on any atom is 0.350 e. The van der Waals surface area contributed by atoms with Crippen LogP contribution in [0, 0.1) is 0 Å². The van der Waals surface area contributed by atoms with Gasteiger partial charge >= 0.3 is 6.55 Å². The molecule has 1 aromatic carbocycles. The van der Waals surface area contributed by atoms with E-state index in [2.05, 4.69) is 15.4 Å². The Kier molecular flexibility index (Phi) is 2.28. The number of hydrogen-bond donors (Lipinski definition) is 1. The van der Waals surface area contributed by atoms with Crippen molar-refractivity contribution in [2.75, 3.05) is 0 Å². The number of phenolic OH excluding ortho intramolecular Hbond substituents is 1. The molecular formula is C8H6F2N4O. The highest BCUT2D eigenvalue weighted by molar-refractivity contribution is 5.62. The van der Waals surface area contributed by atoms with Crippen molar-refractivity contribution in [3.63, 3.8) is 0 Å². The second-order valence-corrected chi connectivity index (χ2v) is 2.73. The molecule has 1 N–H and O–H groups in total. The highest BCUT2D eigenvalue weighted by atomic mass is 19.3. The number of para-hydroxylation sites is 1. The molecule has 0 unspecified atom stereocenters. The Balaban J connectivity index is 2.42. The second-order valence-electron chi connectivity index (χ2n) is 2.73. The lowest BCUT2D eigenvalue weighted by atomic mass is 10.2. The van der Waals surface area contributed by atoms with Gasteiger partial charge in [-0.1, -0.05) is 16.9 Å². The SMILES string of the molecule is Oc1ccccc1-c1nnn(C(F)F)n1. The largest absolute Gasteiger partial charge is 0.507 e. The van der Waals surface area contributed by atoms with Gasteiger partial charge in [-0.05, 0) is 17.3 Å². The van der Waals surface area contributed by atoms with Crippen molar-refractivity contribution in [1.29, 1.82) is 0 Å². The fourth-order valence-electron chi connectivity index (χ4n) is 1.08. The third-order valence-electron chi connectivity index (χ3n) is 1.75. The number of hydrogen-bond acceptors (Lipinski definition) is 4. The average Bonchev–Trinajstić information content (AvgIpc) is 2.67. The van der Waals surface area contributed by atoms with Crippen LogP contribution in [0.4, 0.5) is 8.78 Å². The Morgan fingerprint density at radius 2 is 2.00 bits per heavy atom. The van der Waals surface area contributed by atoms with Gasteiger partial charge in [0.25, 0.3) is 0 Å². The summed E-state index contributed by atoms with van der Waals surface area (Å²) in [6, 6.07) is 6.18. The van der Waals surface area contributed by atoms with Crippen molar-refractivity contribution < 1.29 is 13.9 Å². The predicted octanol–water partition coefficient (Wildman–Crippen LogP) is 1.44. The molecular weight excluding hydrogens is 206 g/mol. The van der Waals surface area contributed by atoms with Crippen LogP contribution in [0.2, 0.25) is 0 Å². The van der Waals surface area contributed by atoms with Gasteiger partial charge in [0.15, 0.2) is 0 Å². The molecule has 2 aromatic rings. The Bertz CT molecular complexity index is 471. The molecule has 0 amide bonds. The van der Waals surface area contributed by atoms with Crippen molar-refractivity contribution in [2.24, 2.45) is 0 Å². The molecule has 7 heteroatoms.